The van der Waals surface area contributed by atoms with Crippen molar-refractivity contribution < 1.29 is 4.79 Å². The quantitative estimate of drug-likeness (QED) is 0.793. The molecule has 1 amide bonds. The van der Waals surface area contributed by atoms with Crippen LogP contribution in [-0.2, 0) is 0 Å². The number of piperazine rings is 1. The number of hydrogen-bond donors (Lipinski definition) is 0. The Morgan fingerprint density at radius 2 is 1.88 bits per heavy atom. The molecule has 1 aliphatic heterocycles. The number of likely N-dealkylation sites (N-methyl/N-ethyl adjacent to an activating group) is 1. The number of rotatable bonds is 3. The topological polar surface area (TPSA) is 23.6 Å². The zero-order valence-electron chi connectivity index (χ0n) is 14.5. The average Bonchev–Trinajstić information content (AvgIpc) is 2.62. The summed E-state index contributed by atoms with van der Waals surface area (Å²) in [6.45, 7) is 4.57. The van der Waals surface area contributed by atoms with E-state index in [1.165, 1.54) is 5.56 Å². The smallest absolute Gasteiger partial charge is 0.254 e. The Balaban J connectivity index is 1.95. The molecule has 3 nitrogen and oxygen atoms in total. The second-order valence-electron chi connectivity index (χ2n) is 6.37. The predicted octanol–water partition coefficient (Wildman–Crippen LogP) is 3.85. The molecule has 2 aromatic rings. The molecule has 3 rings (SSSR count). The number of amides is 1. The summed E-state index contributed by atoms with van der Waals surface area (Å²) in [4.78, 5) is 18.8. The average molecular weight is 340 g/mol. The van der Waals surface area contributed by atoms with Crippen molar-refractivity contribution in [2.45, 2.75) is 17.9 Å². The van der Waals surface area contributed by atoms with Crippen LogP contribution in [0.1, 0.15) is 27.5 Å². The highest BCUT2D eigenvalue weighted by molar-refractivity contribution is 7.98. The molecular formula is C20H24N2OS. The van der Waals surface area contributed by atoms with Gasteiger partial charge in [0.1, 0.15) is 0 Å². The molecule has 0 spiro atoms. The lowest BCUT2D eigenvalue weighted by molar-refractivity contribution is 0.0497. The first-order chi connectivity index (χ1) is 11.6. The van der Waals surface area contributed by atoms with E-state index in [2.05, 4.69) is 30.1 Å². The minimum Gasteiger partial charge on any atom is -0.329 e. The first-order valence-electron chi connectivity index (χ1n) is 8.29. The number of hydrogen-bond acceptors (Lipinski definition) is 3. The van der Waals surface area contributed by atoms with Gasteiger partial charge in [-0.3, -0.25) is 4.79 Å². The molecule has 2 aromatic carbocycles. The maximum absolute atomic E-state index is 13.3. The van der Waals surface area contributed by atoms with Gasteiger partial charge >= 0.3 is 0 Å². The van der Waals surface area contributed by atoms with Crippen molar-refractivity contribution in [1.29, 1.82) is 0 Å². The predicted molar refractivity (Wildman–Crippen MR) is 101 cm³/mol. The lowest BCUT2D eigenvalue weighted by atomic mass is 10.00. The van der Waals surface area contributed by atoms with Crippen LogP contribution < -0.4 is 0 Å². The Hall–Kier alpha value is -1.78. The van der Waals surface area contributed by atoms with Gasteiger partial charge in [0, 0.05) is 30.1 Å². The molecule has 0 bridgehead atoms. The van der Waals surface area contributed by atoms with E-state index in [1.807, 2.05) is 48.4 Å². The summed E-state index contributed by atoms with van der Waals surface area (Å²) in [5.41, 5.74) is 3.08. The third-order valence-electron chi connectivity index (χ3n) is 4.70. The van der Waals surface area contributed by atoms with E-state index in [1.54, 1.807) is 11.8 Å². The third-order valence-corrected chi connectivity index (χ3v) is 5.43. The molecule has 1 heterocycles. The Kier molecular flexibility index (Phi) is 5.27. The fourth-order valence-corrected chi connectivity index (χ4v) is 3.68. The first-order valence-corrected chi connectivity index (χ1v) is 9.51. The third kappa shape index (κ3) is 3.50. The van der Waals surface area contributed by atoms with Gasteiger partial charge in [-0.2, -0.15) is 0 Å². The summed E-state index contributed by atoms with van der Waals surface area (Å²) in [5.74, 6) is 0.144. The van der Waals surface area contributed by atoms with Crippen LogP contribution in [0.4, 0.5) is 0 Å². The Labute approximate surface area is 148 Å². The van der Waals surface area contributed by atoms with E-state index in [4.69, 9.17) is 0 Å². The maximum atomic E-state index is 13.3. The summed E-state index contributed by atoms with van der Waals surface area (Å²) in [6, 6.07) is 16.6. The molecule has 0 saturated carbocycles. The summed E-state index contributed by atoms with van der Waals surface area (Å²) in [5, 5.41) is 0. The lowest BCUT2D eigenvalue weighted by Crippen LogP contribution is -2.49. The SMILES string of the molecule is CSc1ccc(C)c(C(=O)N2CCN(C)CC2c2ccccc2)c1. The highest BCUT2D eigenvalue weighted by Gasteiger charge is 2.31. The molecule has 1 fully saturated rings. The molecule has 0 N–H and O–H groups in total. The van der Waals surface area contributed by atoms with Crippen LogP contribution in [0.3, 0.4) is 0 Å². The van der Waals surface area contributed by atoms with Crippen molar-refractivity contribution in [2.24, 2.45) is 0 Å². The number of aryl methyl sites for hydroxylation is 1. The number of carbonyl (C=O) groups is 1. The molecular weight excluding hydrogens is 316 g/mol. The van der Waals surface area contributed by atoms with Crippen LogP contribution >= 0.6 is 11.8 Å². The van der Waals surface area contributed by atoms with Gasteiger partial charge in [0.05, 0.1) is 6.04 Å². The van der Waals surface area contributed by atoms with Gasteiger partial charge in [-0.1, -0.05) is 36.4 Å². The number of carbonyl (C=O) groups excluding carboxylic acids is 1. The number of nitrogens with zero attached hydrogens (tertiary/aromatic N) is 2. The molecule has 0 radical (unpaired) electrons. The van der Waals surface area contributed by atoms with E-state index in [9.17, 15) is 4.79 Å². The highest BCUT2D eigenvalue weighted by atomic mass is 32.2. The van der Waals surface area contributed by atoms with Crippen LogP contribution in [0.2, 0.25) is 0 Å². The van der Waals surface area contributed by atoms with E-state index < -0.39 is 0 Å². The zero-order chi connectivity index (χ0) is 17.1. The van der Waals surface area contributed by atoms with Crippen LogP contribution in [0.15, 0.2) is 53.4 Å². The van der Waals surface area contributed by atoms with Crippen molar-refractivity contribution in [2.75, 3.05) is 32.9 Å². The molecule has 1 saturated heterocycles. The summed E-state index contributed by atoms with van der Waals surface area (Å²) in [7, 11) is 2.12. The van der Waals surface area contributed by atoms with E-state index in [0.717, 1.165) is 35.7 Å². The van der Waals surface area contributed by atoms with Gasteiger partial charge < -0.3 is 9.80 Å². The van der Waals surface area contributed by atoms with Crippen LogP contribution in [0.5, 0.6) is 0 Å². The molecule has 0 aromatic heterocycles. The van der Waals surface area contributed by atoms with Gasteiger partial charge in [0.25, 0.3) is 5.91 Å². The van der Waals surface area contributed by atoms with E-state index >= 15 is 0 Å². The Morgan fingerprint density at radius 1 is 1.12 bits per heavy atom. The molecule has 24 heavy (non-hydrogen) atoms. The Bertz CT molecular complexity index is 717. The fourth-order valence-electron chi connectivity index (χ4n) is 3.24. The molecule has 0 aliphatic carbocycles. The monoisotopic (exact) mass is 340 g/mol. The van der Waals surface area contributed by atoms with Crippen molar-refractivity contribution in [3.63, 3.8) is 0 Å². The van der Waals surface area contributed by atoms with Gasteiger partial charge in [-0.25, -0.2) is 0 Å². The van der Waals surface area contributed by atoms with Crippen LogP contribution in [0, 0.1) is 6.92 Å². The largest absolute Gasteiger partial charge is 0.329 e. The first kappa shape index (κ1) is 17.1. The minimum absolute atomic E-state index is 0.106. The number of benzene rings is 2. The second-order valence-corrected chi connectivity index (χ2v) is 7.25. The van der Waals surface area contributed by atoms with Crippen molar-refractivity contribution in [3.8, 4) is 0 Å². The molecule has 1 unspecified atom stereocenters. The zero-order valence-corrected chi connectivity index (χ0v) is 15.3. The molecule has 126 valence electrons. The van der Waals surface area contributed by atoms with Crippen LogP contribution in [-0.4, -0.2) is 48.6 Å². The van der Waals surface area contributed by atoms with Gasteiger partial charge in [0.15, 0.2) is 0 Å². The van der Waals surface area contributed by atoms with Gasteiger partial charge in [0.2, 0.25) is 0 Å². The molecule has 4 heteroatoms. The maximum Gasteiger partial charge on any atom is 0.254 e. The highest BCUT2D eigenvalue weighted by Crippen LogP contribution is 2.28. The Morgan fingerprint density at radius 3 is 2.58 bits per heavy atom. The van der Waals surface area contributed by atoms with Crippen LogP contribution in [0.25, 0.3) is 0 Å². The second kappa shape index (κ2) is 7.41. The van der Waals surface area contributed by atoms with E-state index in [0.29, 0.717) is 0 Å². The van der Waals surface area contributed by atoms with Crippen molar-refractivity contribution in [1.82, 2.24) is 9.80 Å². The summed E-state index contributed by atoms with van der Waals surface area (Å²) < 4.78 is 0. The van der Waals surface area contributed by atoms with Gasteiger partial charge in [-0.15, -0.1) is 11.8 Å². The lowest BCUT2D eigenvalue weighted by Gasteiger charge is -2.40. The number of thioether (sulfide) groups is 1. The van der Waals surface area contributed by atoms with Crippen molar-refractivity contribution >= 4 is 17.7 Å². The molecule has 1 aliphatic rings. The minimum atomic E-state index is 0.106. The van der Waals surface area contributed by atoms with E-state index in [-0.39, 0.29) is 11.9 Å². The molecule has 1 atom stereocenters. The van der Waals surface area contributed by atoms with Crippen molar-refractivity contribution in [3.05, 3.63) is 65.2 Å². The summed E-state index contributed by atoms with van der Waals surface area (Å²) in [6.07, 6.45) is 2.04. The summed E-state index contributed by atoms with van der Waals surface area (Å²) >= 11 is 1.67. The standard InChI is InChI=1S/C20H24N2OS/c1-15-9-10-17(24-3)13-18(15)20(23)22-12-11-21(2)14-19(22)16-7-5-4-6-8-16/h4-10,13,19H,11-12,14H2,1-3H3. The normalized spacial score (nSPS) is 18.6. The fraction of sp³-hybridized carbons (Fsp3) is 0.350. The van der Waals surface area contributed by atoms with Gasteiger partial charge in [-0.05, 0) is 43.5 Å².